The van der Waals surface area contributed by atoms with E-state index in [0.717, 1.165) is 12.0 Å². The van der Waals surface area contributed by atoms with Crippen molar-refractivity contribution in [2.75, 3.05) is 11.3 Å². The molecule has 0 unspecified atom stereocenters. The second kappa shape index (κ2) is 5.64. The van der Waals surface area contributed by atoms with Crippen molar-refractivity contribution in [3.05, 3.63) is 41.2 Å². The Labute approximate surface area is 118 Å². The van der Waals surface area contributed by atoms with Crippen molar-refractivity contribution in [3.63, 3.8) is 0 Å². The van der Waals surface area contributed by atoms with Gasteiger partial charge in [-0.15, -0.1) is 0 Å². The number of aryl methyl sites for hydroxylation is 2. The van der Waals surface area contributed by atoms with Gasteiger partial charge in [0.1, 0.15) is 4.90 Å². The summed E-state index contributed by atoms with van der Waals surface area (Å²) in [7, 11) is -3.62. The summed E-state index contributed by atoms with van der Waals surface area (Å²) in [6.07, 6.45) is 0.771. The van der Waals surface area contributed by atoms with Gasteiger partial charge in [0.15, 0.2) is 0 Å². The van der Waals surface area contributed by atoms with Crippen LogP contribution in [0.3, 0.4) is 0 Å². The van der Waals surface area contributed by atoms with Crippen LogP contribution in [0.25, 0.3) is 0 Å². The number of anilines is 1. The molecule has 1 heterocycles. The maximum atomic E-state index is 12.3. The average molecular weight is 294 g/mol. The molecule has 7 heteroatoms. The van der Waals surface area contributed by atoms with E-state index in [1.807, 2.05) is 12.1 Å². The van der Waals surface area contributed by atoms with Gasteiger partial charge in [-0.25, -0.2) is 8.42 Å². The molecule has 0 spiro atoms. The van der Waals surface area contributed by atoms with Crippen LogP contribution in [0.5, 0.6) is 0 Å². The number of hydrogen-bond acceptors (Lipinski definition) is 4. The van der Waals surface area contributed by atoms with E-state index in [1.165, 1.54) is 0 Å². The highest BCUT2D eigenvalue weighted by Gasteiger charge is 2.22. The van der Waals surface area contributed by atoms with E-state index in [4.69, 9.17) is 5.73 Å². The molecule has 1 aromatic heterocycles. The van der Waals surface area contributed by atoms with E-state index in [-0.39, 0.29) is 4.90 Å². The quantitative estimate of drug-likeness (QED) is 0.774. The van der Waals surface area contributed by atoms with Crippen LogP contribution in [0.15, 0.2) is 29.2 Å². The molecule has 0 aliphatic heterocycles. The monoisotopic (exact) mass is 294 g/mol. The fourth-order valence-corrected chi connectivity index (χ4v) is 3.48. The lowest BCUT2D eigenvalue weighted by Gasteiger charge is -2.09. The van der Waals surface area contributed by atoms with Crippen LogP contribution >= 0.6 is 0 Å². The van der Waals surface area contributed by atoms with Crippen LogP contribution in [0, 0.1) is 13.8 Å². The van der Waals surface area contributed by atoms with Crippen LogP contribution in [-0.4, -0.2) is 25.2 Å². The van der Waals surface area contributed by atoms with Gasteiger partial charge in [-0.1, -0.05) is 12.1 Å². The van der Waals surface area contributed by atoms with Gasteiger partial charge in [0.05, 0.1) is 11.4 Å². The predicted molar refractivity (Wildman–Crippen MR) is 78.1 cm³/mol. The zero-order valence-corrected chi connectivity index (χ0v) is 12.3. The molecule has 1 aromatic carbocycles. The highest BCUT2D eigenvalue weighted by molar-refractivity contribution is 7.92. The zero-order valence-electron chi connectivity index (χ0n) is 11.5. The van der Waals surface area contributed by atoms with Gasteiger partial charge in [0.2, 0.25) is 0 Å². The first kappa shape index (κ1) is 14.5. The fourth-order valence-electron chi connectivity index (χ4n) is 2.05. The third kappa shape index (κ3) is 3.00. The van der Waals surface area contributed by atoms with Gasteiger partial charge in [0.25, 0.3) is 10.0 Å². The van der Waals surface area contributed by atoms with Gasteiger partial charge in [0, 0.05) is 5.69 Å². The van der Waals surface area contributed by atoms with E-state index >= 15 is 0 Å². The molecular formula is C13H18N4O2S. The third-order valence-electron chi connectivity index (χ3n) is 2.97. The van der Waals surface area contributed by atoms with Crippen molar-refractivity contribution in [2.45, 2.75) is 25.2 Å². The van der Waals surface area contributed by atoms with Gasteiger partial charge in [-0.3, -0.25) is 9.82 Å². The number of nitrogens with one attached hydrogen (secondary N) is 2. The molecule has 0 atom stereocenters. The molecule has 2 aromatic rings. The number of nitrogens with two attached hydrogens (primary N) is 1. The average Bonchev–Trinajstić information content (AvgIpc) is 2.72. The molecule has 4 N–H and O–H groups in total. The van der Waals surface area contributed by atoms with Crippen LogP contribution in [0.4, 0.5) is 5.69 Å². The molecule has 20 heavy (non-hydrogen) atoms. The van der Waals surface area contributed by atoms with Crippen molar-refractivity contribution in [1.82, 2.24) is 10.2 Å². The maximum Gasteiger partial charge on any atom is 0.265 e. The fraction of sp³-hybridized carbons (Fsp3) is 0.308. The van der Waals surface area contributed by atoms with Gasteiger partial charge in [-0.2, -0.15) is 5.10 Å². The minimum atomic E-state index is -3.62. The Bertz CT molecular complexity index is 670. The molecule has 0 saturated carbocycles. The van der Waals surface area contributed by atoms with E-state index in [9.17, 15) is 8.42 Å². The van der Waals surface area contributed by atoms with E-state index < -0.39 is 10.0 Å². The second-order valence-corrected chi connectivity index (χ2v) is 6.22. The summed E-state index contributed by atoms with van der Waals surface area (Å²) in [5.41, 5.74) is 8.05. The Morgan fingerprint density at radius 1 is 1.25 bits per heavy atom. The molecular weight excluding hydrogens is 276 g/mol. The van der Waals surface area contributed by atoms with Gasteiger partial charge >= 0.3 is 0 Å². The second-order valence-electron chi connectivity index (χ2n) is 4.60. The van der Waals surface area contributed by atoms with Gasteiger partial charge in [-0.05, 0) is 44.5 Å². The molecule has 0 amide bonds. The minimum Gasteiger partial charge on any atom is -0.330 e. The highest BCUT2D eigenvalue weighted by atomic mass is 32.2. The first-order chi connectivity index (χ1) is 9.44. The summed E-state index contributed by atoms with van der Waals surface area (Å²) in [6, 6.07) is 7.18. The largest absolute Gasteiger partial charge is 0.330 e. The highest BCUT2D eigenvalue weighted by Crippen LogP contribution is 2.21. The number of hydrogen-bond donors (Lipinski definition) is 3. The maximum absolute atomic E-state index is 12.3. The topological polar surface area (TPSA) is 101 Å². The number of aromatic nitrogens is 2. The molecule has 0 bridgehead atoms. The summed E-state index contributed by atoms with van der Waals surface area (Å²) in [5, 5.41) is 6.58. The van der Waals surface area contributed by atoms with E-state index in [1.54, 1.807) is 26.0 Å². The smallest absolute Gasteiger partial charge is 0.265 e. The number of rotatable bonds is 5. The number of benzene rings is 1. The van der Waals surface area contributed by atoms with Crippen molar-refractivity contribution in [2.24, 2.45) is 5.73 Å². The number of aromatic amines is 1. The van der Waals surface area contributed by atoms with E-state index in [2.05, 4.69) is 14.9 Å². The zero-order chi connectivity index (χ0) is 14.8. The lowest BCUT2D eigenvalue weighted by Crippen LogP contribution is -2.14. The first-order valence-electron chi connectivity index (χ1n) is 6.27. The van der Waals surface area contributed by atoms with Crippen LogP contribution in [0.2, 0.25) is 0 Å². The Morgan fingerprint density at radius 3 is 2.40 bits per heavy atom. The minimum absolute atomic E-state index is 0.198. The van der Waals surface area contributed by atoms with Crippen molar-refractivity contribution < 1.29 is 8.42 Å². The summed E-state index contributed by atoms with van der Waals surface area (Å²) in [4.78, 5) is 0.198. The Morgan fingerprint density at radius 2 is 1.90 bits per heavy atom. The molecule has 2 rings (SSSR count). The van der Waals surface area contributed by atoms with Crippen LogP contribution in [-0.2, 0) is 16.4 Å². The number of nitrogens with zero attached hydrogens (tertiary/aromatic N) is 1. The molecule has 0 saturated heterocycles. The third-order valence-corrected chi connectivity index (χ3v) is 4.61. The molecule has 0 aliphatic rings. The van der Waals surface area contributed by atoms with Crippen molar-refractivity contribution in [1.29, 1.82) is 0 Å². The molecule has 0 radical (unpaired) electrons. The van der Waals surface area contributed by atoms with E-state index in [0.29, 0.717) is 23.6 Å². The summed E-state index contributed by atoms with van der Waals surface area (Å²) in [5.74, 6) is 0. The Kier molecular flexibility index (Phi) is 4.10. The number of sulfonamides is 1. The van der Waals surface area contributed by atoms with Crippen molar-refractivity contribution >= 4 is 15.7 Å². The normalized spacial score (nSPS) is 11.6. The van der Waals surface area contributed by atoms with Crippen molar-refractivity contribution in [3.8, 4) is 0 Å². The summed E-state index contributed by atoms with van der Waals surface area (Å²) >= 11 is 0. The molecule has 0 fully saturated rings. The summed E-state index contributed by atoms with van der Waals surface area (Å²) < 4.78 is 27.2. The molecule has 0 aliphatic carbocycles. The van der Waals surface area contributed by atoms with Crippen LogP contribution in [0.1, 0.15) is 17.0 Å². The predicted octanol–water partition coefficient (Wildman–Crippen LogP) is 1.33. The lowest BCUT2D eigenvalue weighted by atomic mass is 10.1. The first-order valence-corrected chi connectivity index (χ1v) is 7.76. The molecule has 108 valence electrons. The Hall–Kier alpha value is -1.86. The lowest BCUT2D eigenvalue weighted by molar-refractivity contribution is 0.600. The standard InChI is InChI=1S/C13H18N4O2S/c1-9-13(10(2)16-15-9)20(18,19)17-12-5-3-11(4-6-12)7-8-14/h3-6,17H,7-8,14H2,1-2H3,(H,15,16). The Balaban J connectivity index is 2.24. The van der Waals surface area contributed by atoms with Crippen LogP contribution < -0.4 is 10.5 Å². The SMILES string of the molecule is Cc1n[nH]c(C)c1S(=O)(=O)Nc1ccc(CCN)cc1. The molecule has 6 nitrogen and oxygen atoms in total. The number of H-pyrrole nitrogens is 1. The van der Waals surface area contributed by atoms with Gasteiger partial charge < -0.3 is 5.73 Å². The summed E-state index contributed by atoms with van der Waals surface area (Å²) in [6.45, 7) is 3.90.